The van der Waals surface area contributed by atoms with Gasteiger partial charge in [-0.1, -0.05) is 0 Å². The zero-order valence-corrected chi connectivity index (χ0v) is 15.0. The van der Waals surface area contributed by atoms with Gasteiger partial charge < -0.3 is 9.80 Å². The fraction of sp³-hybridized carbons (Fsp3) is 0.474. The fourth-order valence-corrected chi connectivity index (χ4v) is 3.89. The minimum Gasteiger partial charge on any atom is -0.356 e. The highest BCUT2D eigenvalue weighted by atomic mass is 15.3. The summed E-state index contributed by atoms with van der Waals surface area (Å²) in [4.78, 5) is 17.7. The number of rotatable bonds is 4. The molecule has 7 nitrogen and oxygen atoms in total. The summed E-state index contributed by atoms with van der Waals surface area (Å²) in [6.45, 7) is 1.99. The van der Waals surface area contributed by atoms with Gasteiger partial charge in [0.25, 0.3) is 0 Å². The fourth-order valence-electron chi connectivity index (χ4n) is 3.89. The summed E-state index contributed by atoms with van der Waals surface area (Å²) >= 11 is 0. The standard InChI is InChI=1S/C19H23N7/c1-24(18-4-7-20-13-22-18)15-5-9-25(10-6-15)19-17-12-16(14-2-3-14)23-26(17)11-8-21-19/h4,7-8,11-15H,2-3,5-6,9-10H2,1H3. The molecule has 26 heavy (non-hydrogen) atoms. The number of aromatic nitrogens is 5. The summed E-state index contributed by atoms with van der Waals surface area (Å²) in [5.74, 6) is 2.72. The van der Waals surface area contributed by atoms with Crippen LogP contribution in [0.4, 0.5) is 11.6 Å². The summed E-state index contributed by atoms with van der Waals surface area (Å²) in [6.07, 6.45) is 12.0. The van der Waals surface area contributed by atoms with Crippen molar-refractivity contribution in [3.05, 3.63) is 42.7 Å². The lowest BCUT2D eigenvalue weighted by atomic mass is 10.0. The average Bonchev–Trinajstić information content (AvgIpc) is 3.46. The molecule has 0 amide bonds. The van der Waals surface area contributed by atoms with Crippen LogP contribution in [-0.2, 0) is 0 Å². The quantitative estimate of drug-likeness (QED) is 0.721. The van der Waals surface area contributed by atoms with Gasteiger partial charge in [0.15, 0.2) is 5.82 Å². The minimum atomic E-state index is 0.493. The second-order valence-electron chi connectivity index (χ2n) is 7.32. The van der Waals surface area contributed by atoms with Crippen molar-refractivity contribution in [2.24, 2.45) is 0 Å². The van der Waals surface area contributed by atoms with E-state index >= 15 is 0 Å². The Balaban J connectivity index is 1.33. The smallest absolute Gasteiger partial charge is 0.154 e. The van der Waals surface area contributed by atoms with Gasteiger partial charge in [0, 0.05) is 50.7 Å². The predicted octanol–water partition coefficient (Wildman–Crippen LogP) is 2.50. The van der Waals surface area contributed by atoms with Crippen molar-refractivity contribution in [2.75, 3.05) is 29.9 Å². The van der Waals surface area contributed by atoms with Crippen LogP contribution in [0.3, 0.4) is 0 Å². The first-order chi connectivity index (χ1) is 12.8. The Labute approximate surface area is 152 Å². The predicted molar refractivity (Wildman–Crippen MR) is 101 cm³/mol. The van der Waals surface area contributed by atoms with Gasteiger partial charge in [-0.15, -0.1) is 0 Å². The first-order valence-electron chi connectivity index (χ1n) is 9.37. The largest absolute Gasteiger partial charge is 0.356 e. The number of fused-ring (bicyclic) bond motifs is 1. The summed E-state index contributed by atoms with van der Waals surface area (Å²) < 4.78 is 2.00. The van der Waals surface area contributed by atoms with Crippen molar-refractivity contribution in [3.8, 4) is 0 Å². The van der Waals surface area contributed by atoms with Crippen LogP contribution in [0.5, 0.6) is 0 Å². The zero-order chi connectivity index (χ0) is 17.5. The molecule has 1 aliphatic carbocycles. The maximum atomic E-state index is 4.74. The Bertz CT molecular complexity index is 895. The monoisotopic (exact) mass is 349 g/mol. The van der Waals surface area contributed by atoms with Gasteiger partial charge >= 0.3 is 0 Å². The molecule has 7 heteroatoms. The number of hydrogen-bond donors (Lipinski definition) is 0. The maximum Gasteiger partial charge on any atom is 0.154 e. The Morgan fingerprint density at radius 2 is 1.92 bits per heavy atom. The highest BCUT2D eigenvalue weighted by Crippen LogP contribution is 2.40. The molecular weight excluding hydrogens is 326 g/mol. The topological polar surface area (TPSA) is 62.5 Å². The molecule has 0 unspecified atom stereocenters. The lowest BCUT2D eigenvalue weighted by Gasteiger charge is -2.37. The third-order valence-corrected chi connectivity index (χ3v) is 5.62. The Morgan fingerprint density at radius 1 is 1.08 bits per heavy atom. The molecule has 4 heterocycles. The minimum absolute atomic E-state index is 0.493. The van der Waals surface area contributed by atoms with Gasteiger partial charge in [0.1, 0.15) is 17.7 Å². The van der Waals surface area contributed by atoms with Crippen molar-refractivity contribution in [1.29, 1.82) is 0 Å². The molecule has 0 radical (unpaired) electrons. The molecule has 1 aliphatic heterocycles. The van der Waals surface area contributed by atoms with Gasteiger partial charge in [-0.05, 0) is 37.8 Å². The summed E-state index contributed by atoms with van der Waals surface area (Å²) in [5, 5.41) is 4.74. The van der Waals surface area contributed by atoms with E-state index in [0.717, 1.165) is 43.1 Å². The first kappa shape index (κ1) is 15.5. The molecular formula is C19H23N7. The lowest BCUT2D eigenvalue weighted by Crippen LogP contribution is -2.44. The van der Waals surface area contributed by atoms with Crippen LogP contribution >= 0.6 is 0 Å². The van der Waals surface area contributed by atoms with Crippen molar-refractivity contribution in [2.45, 2.75) is 37.6 Å². The third-order valence-electron chi connectivity index (χ3n) is 5.62. The molecule has 5 rings (SSSR count). The van der Waals surface area contributed by atoms with Crippen molar-refractivity contribution in [3.63, 3.8) is 0 Å². The van der Waals surface area contributed by atoms with Gasteiger partial charge in [-0.25, -0.2) is 19.5 Å². The molecule has 0 spiro atoms. The maximum absolute atomic E-state index is 4.74. The van der Waals surface area contributed by atoms with Crippen LogP contribution in [0, 0.1) is 0 Å². The first-order valence-corrected chi connectivity index (χ1v) is 9.37. The number of hydrogen-bond acceptors (Lipinski definition) is 6. The lowest BCUT2D eigenvalue weighted by molar-refractivity contribution is 0.478. The number of anilines is 2. The highest BCUT2D eigenvalue weighted by molar-refractivity contribution is 5.69. The van der Waals surface area contributed by atoms with Crippen LogP contribution in [0.2, 0.25) is 0 Å². The van der Waals surface area contributed by atoms with Crippen molar-refractivity contribution in [1.82, 2.24) is 24.6 Å². The molecule has 0 aromatic carbocycles. The van der Waals surface area contributed by atoms with E-state index in [1.165, 1.54) is 18.5 Å². The van der Waals surface area contributed by atoms with Gasteiger partial charge in [0.2, 0.25) is 0 Å². The second kappa shape index (κ2) is 6.23. The molecule has 3 aromatic heterocycles. The van der Waals surface area contributed by atoms with E-state index in [0.29, 0.717) is 12.0 Å². The summed E-state index contributed by atoms with van der Waals surface area (Å²) in [7, 11) is 2.13. The molecule has 0 atom stereocenters. The van der Waals surface area contributed by atoms with E-state index in [9.17, 15) is 0 Å². The second-order valence-corrected chi connectivity index (χ2v) is 7.32. The van der Waals surface area contributed by atoms with Gasteiger partial charge in [-0.2, -0.15) is 5.10 Å². The van der Waals surface area contributed by atoms with Crippen molar-refractivity contribution >= 4 is 17.2 Å². The number of piperidine rings is 1. The molecule has 0 bridgehead atoms. The Kier molecular flexibility index (Phi) is 3.72. The molecule has 2 aliphatic rings. The molecule has 134 valence electrons. The molecule has 3 aromatic rings. The van der Waals surface area contributed by atoms with E-state index in [2.05, 4.69) is 37.9 Å². The van der Waals surface area contributed by atoms with Gasteiger partial charge in [0.05, 0.1) is 5.69 Å². The summed E-state index contributed by atoms with van der Waals surface area (Å²) in [5.41, 5.74) is 2.36. The highest BCUT2D eigenvalue weighted by Gasteiger charge is 2.28. The Morgan fingerprint density at radius 3 is 2.65 bits per heavy atom. The van der Waals surface area contributed by atoms with E-state index in [4.69, 9.17) is 5.10 Å². The normalized spacial score (nSPS) is 18.4. The van der Waals surface area contributed by atoms with E-state index in [1.807, 2.05) is 23.0 Å². The van der Waals surface area contributed by atoms with Crippen LogP contribution in [0.25, 0.3) is 5.52 Å². The number of nitrogens with zero attached hydrogens (tertiary/aromatic N) is 7. The average molecular weight is 349 g/mol. The van der Waals surface area contributed by atoms with Crippen LogP contribution in [0.1, 0.15) is 37.3 Å². The van der Waals surface area contributed by atoms with E-state index in [1.54, 1.807) is 12.5 Å². The third kappa shape index (κ3) is 2.77. The zero-order valence-electron chi connectivity index (χ0n) is 15.0. The summed E-state index contributed by atoms with van der Waals surface area (Å²) in [6, 6.07) is 4.70. The Hall–Kier alpha value is -2.70. The van der Waals surface area contributed by atoms with E-state index in [-0.39, 0.29) is 0 Å². The molecule has 1 saturated carbocycles. The molecule has 2 fully saturated rings. The van der Waals surface area contributed by atoms with Gasteiger partial charge in [-0.3, -0.25) is 0 Å². The van der Waals surface area contributed by atoms with Crippen LogP contribution in [-0.4, -0.2) is 50.7 Å². The molecule has 0 N–H and O–H groups in total. The van der Waals surface area contributed by atoms with Crippen LogP contribution in [0.15, 0.2) is 37.1 Å². The molecule has 1 saturated heterocycles. The van der Waals surface area contributed by atoms with E-state index < -0.39 is 0 Å². The van der Waals surface area contributed by atoms with Crippen LogP contribution < -0.4 is 9.80 Å². The SMILES string of the molecule is CN(c1ccncn1)C1CCN(c2nccn3nc(C4CC4)cc23)CC1. The van der Waals surface area contributed by atoms with Crippen molar-refractivity contribution < 1.29 is 0 Å².